The monoisotopic (exact) mass is 412 g/mol. The number of esters is 2. The summed E-state index contributed by atoms with van der Waals surface area (Å²) in [4.78, 5) is 24.6. The average molecular weight is 413 g/mol. The maximum Gasteiger partial charge on any atom is 0.338 e. The van der Waals surface area contributed by atoms with E-state index in [0.717, 1.165) is 19.3 Å². The van der Waals surface area contributed by atoms with E-state index in [0.29, 0.717) is 31.6 Å². The zero-order valence-corrected chi connectivity index (χ0v) is 17.9. The van der Waals surface area contributed by atoms with Gasteiger partial charge in [0.05, 0.1) is 37.9 Å². The average Bonchev–Trinajstić information content (AvgIpc) is 2.79. The molecule has 5 heteroatoms. The fraction of sp³-hybridized carbons (Fsp3) is 0.520. The molecule has 162 valence electrons. The van der Waals surface area contributed by atoms with Gasteiger partial charge in [0, 0.05) is 5.92 Å². The Morgan fingerprint density at radius 3 is 2.70 bits per heavy atom. The molecule has 1 aromatic carbocycles. The molecule has 0 radical (unpaired) electrons. The molecule has 1 heterocycles. The molecule has 1 aliphatic carbocycles. The highest BCUT2D eigenvalue weighted by Crippen LogP contribution is 2.43. The molecule has 4 unspecified atom stereocenters. The molecule has 0 bridgehead atoms. The van der Waals surface area contributed by atoms with Crippen LogP contribution in [0.3, 0.4) is 0 Å². The topological polar surface area (TPSA) is 61.8 Å². The van der Waals surface area contributed by atoms with Gasteiger partial charge in [0.25, 0.3) is 0 Å². The van der Waals surface area contributed by atoms with Crippen LogP contribution in [-0.4, -0.2) is 38.4 Å². The lowest BCUT2D eigenvalue weighted by Crippen LogP contribution is -2.44. The Kier molecular flexibility index (Phi) is 8.26. The van der Waals surface area contributed by atoms with Gasteiger partial charge in [-0.15, -0.1) is 0 Å². The maximum atomic E-state index is 12.3. The standard InChI is InChI=1S/C25H32O5/c1-3-4-6-9-18-12-14-29-23-20(16-21(17-22(18)23)24(26)28-2)13-15-30-25(27)19-10-7-5-8-11-19/h4-8,10-12,20-23H,3,9,13-17H2,1-2H3. The highest BCUT2D eigenvalue weighted by atomic mass is 16.5. The summed E-state index contributed by atoms with van der Waals surface area (Å²) >= 11 is 0. The van der Waals surface area contributed by atoms with Gasteiger partial charge < -0.3 is 14.2 Å². The van der Waals surface area contributed by atoms with Crippen LogP contribution in [0.1, 0.15) is 49.4 Å². The molecule has 30 heavy (non-hydrogen) atoms. The van der Waals surface area contributed by atoms with Crippen molar-refractivity contribution < 1.29 is 23.8 Å². The van der Waals surface area contributed by atoms with Crippen LogP contribution in [0.5, 0.6) is 0 Å². The van der Waals surface area contributed by atoms with E-state index < -0.39 is 0 Å². The summed E-state index contributed by atoms with van der Waals surface area (Å²) in [7, 11) is 1.45. The molecule has 1 saturated carbocycles. The lowest BCUT2D eigenvalue weighted by atomic mass is 9.68. The number of methoxy groups -OCH3 is 1. The first-order chi connectivity index (χ1) is 14.6. The number of ether oxygens (including phenoxy) is 3. The third kappa shape index (κ3) is 5.60. The Labute approximate surface area is 179 Å². The predicted molar refractivity (Wildman–Crippen MR) is 115 cm³/mol. The van der Waals surface area contributed by atoms with Gasteiger partial charge in [-0.1, -0.05) is 48.9 Å². The molecule has 1 fully saturated rings. The van der Waals surface area contributed by atoms with E-state index in [-0.39, 0.29) is 35.8 Å². The summed E-state index contributed by atoms with van der Waals surface area (Å²) in [5.74, 6) is -0.273. The van der Waals surface area contributed by atoms with Gasteiger partial charge in [-0.05, 0) is 50.2 Å². The first kappa shape index (κ1) is 22.3. The van der Waals surface area contributed by atoms with Gasteiger partial charge >= 0.3 is 11.9 Å². The summed E-state index contributed by atoms with van der Waals surface area (Å²) in [6.07, 6.45) is 10.6. The zero-order valence-electron chi connectivity index (χ0n) is 17.9. The van der Waals surface area contributed by atoms with Crippen molar-refractivity contribution in [3.05, 3.63) is 59.7 Å². The molecule has 1 aliphatic heterocycles. The number of hydrogen-bond acceptors (Lipinski definition) is 5. The molecular weight excluding hydrogens is 380 g/mol. The van der Waals surface area contributed by atoms with Crippen molar-refractivity contribution in [1.82, 2.24) is 0 Å². The zero-order chi connectivity index (χ0) is 21.3. The minimum atomic E-state index is -0.317. The first-order valence-corrected chi connectivity index (χ1v) is 10.9. The second kappa shape index (κ2) is 11.1. The molecule has 2 aliphatic rings. The molecule has 0 spiro atoms. The van der Waals surface area contributed by atoms with Crippen molar-refractivity contribution in [3.8, 4) is 0 Å². The number of allylic oxidation sites excluding steroid dienone is 2. The number of carbonyl (C=O) groups is 2. The highest BCUT2D eigenvalue weighted by Gasteiger charge is 2.43. The Hall–Kier alpha value is -2.40. The van der Waals surface area contributed by atoms with E-state index in [1.54, 1.807) is 12.1 Å². The van der Waals surface area contributed by atoms with E-state index in [4.69, 9.17) is 14.2 Å². The van der Waals surface area contributed by atoms with Crippen LogP contribution in [-0.2, 0) is 19.0 Å². The lowest BCUT2D eigenvalue weighted by Gasteiger charge is -2.44. The van der Waals surface area contributed by atoms with Gasteiger partial charge in [0.15, 0.2) is 0 Å². The summed E-state index contributed by atoms with van der Waals surface area (Å²) < 4.78 is 16.7. The normalized spacial score (nSPS) is 26.0. The molecule has 0 N–H and O–H groups in total. The van der Waals surface area contributed by atoms with E-state index in [1.807, 2.05) is 18.2 Å². The smallest absolute Gasteiger partial charge is 0.338 e. The van der Waals surface area contributed by atoms with Gasteiger partial charge in [0.2, 0.25) is 0 Å². The fourth-order valence-electron chi connectivity index (χ4n) is 4.62. The lowest BCUT2D eigenvalue weighted by molar-refractivity contribution is -0.151. The van der Waals surface area contributed by atoms with Crippen LogP contribution >= 0.6 is 0 Å². The second-order valence-electron chi connectivity index (χ2n) is 8.01. The van der Waals surface area contributed by atoms with Crippen LogP contribution in [0.15, 0.2) is 54.1 Å². The van der Waals surface area contributed by atoms with Gasteiger partial charge in [-0.25, -0.2) is 4.79 Å². The largest absolute Gasteiger partial charge is 0.469 e. The summed E-state index contributed by atoms with van der Waals surface area (Å²) in [5, 5.41) is 0. The number of hydrogen-bond donors (Lipinski definition) is 0. The van der Waals surface area contributed by atoms with Crippen molar-refractivity contribution in [2.45, 2.75) is 45.1 Å². The molecule has 1 aromatic rings. The first-order valence-electron chi connectivity index (χ1n) is 10.9. The molecular formula is C25H32O5. The van der Waals surface area contributed by atoms with Crippen LogP contribution in [0.4, 0.5) is 0 Å². The van der Waals surface area contributed by atoms with Crippen LogP contribution < -0.4 is 0 Å². The van der Waals surface area contributed by atoms with E-state index in [1.165, 1.54) is 12.7 Å². The number of benzene rings is 1. The van der Waals surface area contributed by atoms with Crippen molar-refractivity contribution in [3.63, 3.8) is 0 Å². The summed E-state index contributed by atoms with van der Waals surface area (Å²) in [6.45, 7) is 3.03. The quantitative estimate of drug-likeness (QED) is 0.456. The van der Waals surface area contributed by atoms with Crippen molar-refractivity contribution in [1.29, 1.82) is 0 Å². The Morgan fingerprint density at radius 1 is 1.17 bits per heavy atom. The highest BCUT2D eigenvalue weighted by molar-refractivity contribution is 5.89. The molecule has 0 saturated heterocycles. The van der Waals surface area contributed by atoms with Crippen molar-refractivity contribution in [2.24, 2.45) is 17.8 Å². The maximum absolute atomic E-state index is 12.3. The van der Waals surface area contributed by atoms with Crippen LogP contribution in [0.2, 0.25) is 0 Å². The second-order valence-corrected chi connectivity index (χ2v) is 8.01. The predicted octanol–water partition coefficient (Wildman–Crippen LogP) is 4.73. The van der Waals surface area contributed by atoms with Crippen LogP contribution in [0, 0.1) is 17.8 Å². The molecule has 5 nitrogen and oxygen atoms in total. The minimum Gasteiger partial charge on any atom is -0.469 e. The third-order valence-electron chi connectivity index (χ3n) is 6.12. The fourth-order valence-corrected chi connectivity index (χ4v) is 4.62. The summed E-state index contributed by atoms with van der Waals surface area (Å²) in [5.41, 5.74) is 1.89. The number of rotatable bonds is 8. The van der Waals surface area contributed by atoms with Gasteiger partial charge in [0.1, 0.15) is 0 Å². The number of fused-ring (bicyclic) bond motifs is 1. The van der Waals surface area contributed by atoms with Crippen molar-refractivity contribution in [2.75, 3.05) is 20.3 Å². The van der Waals surface area contributed by atoms with E-state index in [2.05, 4.69) is 25.2 Å². The Morgan fingerprint density at radius 2 is 1.97 bits per heavy atom. The molecule has 0 amide bonds. The van der Waals surface area contributed by atoms with Gasteiger partial charge in [-0.2, -0.15) is 0 Å². The Balaban J connectivity index is 1.66. The SMILES string of the molecule is CCC=CCC1=CCOC2C(CCOC(=O)c3ccccc3)CC(C(=O)OC)CC12. The van der Waals surface area contributed by atoms with E-state index >= 15 is 0 Å². The molecule has 0 aromatic heterocycles. The molecule has 4 atom stereocenters. The Bertz CT molecular complexity index is 767. The van der Waals surface area contributed by atoms with Gasteiger partial charge in [-0.3, -0.25) is 4.79 Å². The minimum absolute atomic E-state index is 0.0522. The molecule has 3 rings (SSSR count). The van der Waals surface area contributed by atoms with Crippen molar-refractivity contribution >= 4 is 11.9 Å². The third-order valence-corrected chi connectivity index (χ3v) is 6.12. The summed E-state index contributed by atoms with van der Waals surface area (Å²) in [6, 6.07) is 9.00. The van der Waals surface area contributed by atoms with E-state index in [9.17, 15) is 9.59 Å². The van der Waals surface area contributed by atoms with Crippen LogP contribution in [0.25, 0.3) is 0 Å². The number of carbonyl (C=O) groups excluding carboxylic acids is 2.